The molecular formula is C11H20NO2P. The number of amides is 1. The van der Waals surface area contributed by atoms with E-state index < -0.39 is 7.14 Å². The van der Waals surface area contributed by atoms with Crippen molar-refractivity contribution in [2.24, 2.45) is 0 Å². The first-order valence-corrected chi connectivity index (χ1v) is 8.10. The molecule has 0 aromatic carbocycles. The molecule has 2 unspecified atom stereocenters. The number of carbonyl (C=O) groups excluding carboxylic acids is 1. The van der Waals surface area contributed by atoms with Crippen molar-refractivity contribution < 1.29 is 9.36 Å². The summed E-state index contributed by atoms with van der Waals surface area (Å²) in [5, 5.41) is 2.90. The van der Waals surface area contributed by atoms with Gasteiger partial charge in [-0.25, -0.2) is 0 Å². The van der Waals surface area contributed by atoms with E-state index in [-0.39, 0.29) is 17.6 Å². The van der Waals surface area contributed by atoms with Crippen LogP contribution < -0.4 is 5.32 Å². The molecule has 1 rings (SSSR count). The number of rotatable bonds is 3. The zero-order valence-electron chi connectivity index (χ0n) is 9.53. The molecule has 1 aliphatic carbocycles. The number of hydrogen-bond donors (Lipinski definition) is 1. The van der Waals surface area contributed by atoms with E-state index in [4.69, 9.17) is 0 Å². The maximum atomic E-state index is 12.1. The van der Waals surface area contributed by atoms with E-state index in [1.165, 1.54) is 6.08 Å². The molecule has 0 heterocycles. The molecule has 86 valence electrons. The summed E-state index contributed by atoms with van der Waals surface area (Å²) in [6.45, 7) is 7.06. The fraction of sp³-hybridized carbons (Fsp3) is 0.727. The summed E-state index contributed by atoms with van der Waals surface area (Å²) in [6, 6.07) is 0.0742. The molecule has 0 aliphatic heterocycles. The van der Waals surface area contributed by atoms with Crippen molar-refractivity contribution in [3.8, 4) is 0 Å². The van der Waals surface area contributed by atoms with Crippen molar-refractivity contribution in [2.75, 3.05) is 13.3 Å². The molecule has 1 aliphatic rings. The lowest BCUT2D eigenvalue weighted by Crippen LogP contribution is -2.44. The first-order chi connectivity index (χ1) is 6.95. The van der Waals surface area contributed by atoms with E-state index in [0.29, 0.717) is 0 Å². The van der Waals surface area contributed by atoms with Crippen LogP contribution in [0.4, 0.5) is 0 Å². The molecule has 0 aromatic heterocycles. The normalized spacial score (nSPS) is 27.1. The van der Waals surface area contributed by atoms with Gasteiger partial charge in [0.15, 0.2) is 0 Å². The van der Waals surface area contributed by atoms with E-state index >= 15 is 0 Å². The highest BCUT2D eigenvalue weighted by molar-refractivity contribution is 7.63. The molecule has 1 saturated carbocycles. The molecule has 3 nitrogen and oxygen atoms in total. The van der Waals surface area contributed by atoms with Crippen LogP contribution in [0.5, 0.6) is 0 Å². The largest absolute Gasteiger partial charge is 0.349 e. The van der Waals surface area contributed by atoms with Gasteiger partial charge in [0.2, 0.25) is 5.91 Å². The van der Waals surface area contributed by atoms with Gasteiger partial charge in [-0.1, -0.05) is 19.4 Å². The molecule has 1 fully saturated rings. The molecule has 0 radical (unpaired) electrons. The van der Waals surface area contributed by atoms with Gasteiger partial charge < -0.3 is 9.88 Å². The maximum absolute atomic E-state index is 12.1. The fourth-order valence-corrected chi connectivity index (χ4v) is 4.16. The minimum Gasteiger partial charge on any atom is -0.349 e. The summed E-state index contributed by atoms with van der Waals surface area (Å²) < 4.78 is 12.1. The van der Waals surface area contributed by atoms with Gasteiger partial charge >= 0.3 is 0 Å². The SMILES string of the molecule is C=CC(=O)NC1CCCCC1P(C)(C)=O. The number of carbonyl (C=O) groups is 1. The standard InChI is InChI=1S/C11H20NO2P/c1-4-11(13)12-9-7-5-6-8-10(9)15(2,3)14/h4,9-10H,1,5-8H2,2-3H3,(H,12,13). The van der Waals surface area contributed by atoms with Gasteiger partial charge in [0, 0.05) is 11.7 Å². The Balaban J connectivity index is 2.70. The average molecular weight is 229 g/mol. The Labute approximate surface area is 91.7 Å². The van der Waals surface area contributed by atoms with Crippen LogP contribution in [0.2, 0.25) is 0 Å². The zero-order chi connectivity index (χ0) is 11.5. The second kappa shape index (κ2) is 4.98. The highest BCUT2D eigenvalue weighted by Crippen LogP contribution is 2.48. The van der Waals surface area contributed by atoms with E-state index in [0.717, 1.165) is 25.7 Å². The summed E-state index contributed by atoms with van der Waals surface area (Å²) in [5.41, 5.74) is 0.148. The average Bonchev–Trinajstić information content (AvgIpc) is 2.17. The van der Waals surface area contributed by atoms with Crippen molar-refractivity contribution in [3.05, 3.63) is 12.7 Å². The van der Waals surface area contributed by atoms with Crippen LogP contribution >= 0.6 is 7.14 Å². The van der Waals surface area contributed by atoms with Crippen LogP contribution in [-0.2, 0) is 9.36 Å². The van der Waals surface area contributed by atoms with Crippen LogP contribution in [0.1, 0.15) is 25.7 Å². The lowest BCUT2D eigenvalue weighted by atomic mass is 9.95. The monoisotopic (exact) mass is 229 g/mol. The second-order valence-corrected chi connectivity index (χ2v) is 8.14. The Morgan fingerprint density at radius 3 is 2.53 bits per heavy atom. The van der Waals surface area contributed by atoms with Crippen LogP contribution in [-0.4, -0.2) is 30.9 Å². The lowest BCUT2D eigenvalue weighted by Gasteiger charge is -2.34. The van der Waals surface area contributed by atoms with Gasteiger partial charge in [-0.3, -0.25) is 4.79 Å². The van der Waals surface area contributed by atoms with Crippen molar-refractivity contribution in [3.63, 3.8) is 0 Å². The molecule has 1 amide bonds. The Morgan fingerprint density at radius 1 is 1.40 bits per heavy atom. The highest BCUT2D eigenvalue weighted by Gasteiger charge is 2.34. The van der Waals surface area contributed by atoms with Crippen LogP contribution in [0.3, 0.4) is 0 Å². The summed E-state index contributed by atoms with van der Waals surface area (Å²) in [5.74, 6) is -0.152. The first-order valence-electron chi connectivity index (χ1n) is 5.42. The third-order valence-electron chi connectivity index (χ3n) is 3.04. The van der Waals surface area contributed by atoms with Crippen molar-refractivity contribution >= 4 is 13.0 Å². The highest BCUT2D eigenvalue weighted by atomic mass is 31.2. The summed E-state index contributed by atoms with van der Waals surface area (Å²) >= 11 is 0. The predicted molar refractivity (Wildman–Crippen MR) is 63.8 cm³/mol. The molecule has 15 heavy (non-hydrogen) atoms. The molecular weight excluding hydrogens is 209 g/mol. The van der Waals surface area contributed by atoms with Crippen molar-refractivity contribution in [2.45, 2.75) is 37.4 Å². The van der Waals surface area contributed by atoms with Gasteiger partial charge in [-0.15, -0.1) is 0 Å². The van der Waals surface area contributed by atoms with Gasteiger partial charge in [-0.05, 0) is 32.2 Å². The fourth-order valence-electron chi connectivity index (χ4n) is 2.27. The van der Waals surface area contributed by atoms with Crippen molar-refractivity contribution in [1.82, 2.24) is 5.32 Å². The molecule has 1 N–H and O–H groups in total. The molecule has 2 atom stereocenters. The quantitative estimate of drug-likeness (QED) is 0.595. The smallest absolute Gasteiger partial charge is 0.243 e. The van der Waals surface area contributed by atoms with E-state index in [1.54, 1.807) is 0 Å². The van der Waals surface area contributed by atoms with Crippen LogP contribution in [0.15, 0.2) is 12.7 Å². The third kappa shape index (κ3) is 3.49. The summed E-state index contributed by atoms with van der Waals surface area (Å²) in [4.78, 5) is 11.2. The number of hydrogen-bond acceptors (Lipinski definition) is 2. The Kier molecular flexibility index (Phi) is 4.15. The van der Waals surface area contributed by atoms with Gasteiger partial charge in [0.25, 0.3) is 0 Å². The predicted octanol–water partition coefficient (Wildman–Crippen LogP) is 2.22. The summed E-state index contributed by atoms with van der Waals surface area (Å²) in [6.07, 6.45) is 5.42. The topological polar surface area (TPSA) is 46.2 Å². The van der Waals surface area contributed by atoms with E-state index in [1.807, 2.05) is 13.3 Å². The molecule has 0 aromatic rings. The van der Waals surface area contributed by atoms with E-state index in [2.05, 4.69) is 11.9 Å². The lowest BCUT2D eigenvalue weighted by molar-refractivity contribution is -0.117. The minimum absolute atomic E-state index is 0.0742. The van der Waals surface area contributed by atoms with Crippen LogP contribution in [0, 0.1) is 0 Å². The Hall–Kier alpha value is -0.560. The maximum Gasteiger partial charge on any atom is 0.243 e. The van der Waals surface area contributed by atoms with Crippen molar-refractivity contribution in [1.29, 1.82) is 0 Å². The first kappa shape index (κ1) is 12.5. The summed E-state index contributed by atoms with van der Waals surface area (Å²) in [7, 11) is -2.11. The third-order valence-corrected chi connectivity index (χ3v) is 5.26. The minimum atomic E-state index is -2.11. The molecule has 0 bridgehead atoms. The molecule has 4 heteroatoms. The van der Waals surface area contributed by atoms with Gasteiger partial charge in [0.1, 0.15) is 0 Å². The van der Waals surface area contributed by atoms with Gasteiger partial charge in [0.05, 0.1) is 7.14 Å². The molecule has 0 saturated heterocycles. The van der Waals surface area contributed by atoms with Gasteiger partial charge in [-0.2, -0.15) is 0 Å². The zero-order valence-corrected chi connectivity index (χ0v) is 10.4. The Morgan fingerprint density at radius 2 is 2.00 bits per heavy atom. The number of nitrogens with one attached hydrogen (secondary N) is 1. The second-order valence-electron chi connectivity index (χ2n) is 4.61. The van der Waals surface area contributed by atoms with Crippen LogP contribution in [0.25, 0.3) is 0 Å². The van der Waals surface area contributed by atoms with E-state index in [9.17, 15) is 9.36 Å². The Bertz CT molecular complexity index is 295. The molecule has 0 spiro atoms.